The molecule has 1 N–H and O–H groups in total. The Morgan fingerprint density at radius 2 is 2.04 bits per heavy atom. The molecule has 3 rings (SSSR count). The van der Waals surface area contributed by atoms with Crippen LogP contribution < -0.4 is 10.1 Å². The van der Waals surface area contributed by atoms with Crippen LogP contribution in [0.1, 0.15) is 12.5 Å². The summed E-state index contributed by atoms with van der Waals surface area (Å²) in [5, 5.41) is 14.2. The highest BCUT2D eigenvalue weighted by atomic mass is 16.5. The molecule has 3 aromatic rings. The summed E-state index contributed by atoms with van der Waals surface area (Å²) in [7, 11) is 1.76. The largest absolute Gasteiger partial charge is 0.483 e. The van der Waals surface area contributed by atoms with Crippen molar-refractivity contribution in [2.75, 3.05) is 11.9 Å². The summed E-state index contributed by atoms with van der Waals surface area (Å²) in [4.78, 5) is 12.2. The quantitative estimate of drug-likeness (QED) is 0.747. The standard InChI is InChI=1S/C18H19N5O2/c1-3-13-7-4-5-10-16(13)25-12-17(24)19-15-9-6-8-14(11-15)18-20-21-22-23(18)2/h4-11H,3,12H2,1-2H3,(H,19,24). The van der Waals surface area contributed by atoms with Crippen molar-refractivity contribution in [1.29, 1.82) is 0 Å². The van der Waals surface area contributed by atoms with Crippen LogP contribution in [0.3, 0.4) is 0 Å². The highest BCUT2D eigenvalue weighted by molar-refractivity contribution is 5.92. The van der Waals surface area contributed by atoms with Gasteiger partial charge in [0.25, 0.3) is 5.91 Å². The topological polar surface area (TPSA) is 81.9 Å². The normalized spacial score (nSPS) is 10.5. The van der Waals surface area contributed by atoms with Crippen molar-refractivity contribution in [1.82, 2.24) is 20.2 Å². The number of aromatic nitrogens is 4. The Morgan fingerprint density at radius 3 is 2.80 bits per heavy atom. The molecule has 128 valence electrons. The molecule has 0 saturated heterocycles. The minimum Gasteiger partial charge on any atom is -0.483 e. The lowest BCUT2D eigenvalue weighted by atomic mass is 10.1. The molecule has 7 nitrogen and oxygen atoms in total. The second-order valence-corrected chi connectivity index (χ2v) is 5.51. The summed E-state index contributed by atoms with van der Waals surface area (Å²) in [6.07, 6.45) is 0.853. The molecule has 0 fully saturated rings. The molecule has 1 amide bonds. The maximum atomic E-state index is 12.2. The highest BCUT2D eigenvalue weighted by Gasteiger charge is 2.09. The van der Waals surface area contributed by atoms with E-state index in [0.29, 0.717) is 11.5 Å². The van der Waals surface area contributed by atoms with Gasteiger partial charge in [-0.05, 0) is 40.6 Å². The Labute approximate surface area is 145 Å². The van der Waals surface area contributed by atoms with Gasteiger partial charge < -0.3 is 10.1 Å². The fourth-order valence-electron chi connectivity index (χ4n) is 2.49. The van der Waals surface area contributed by atoms with Gasteiger partial charge in [-0.1, -0.05) is 37.3 Å². The molecule has 0 saturated carbocycles. The van der Waals surface area contributed by atoms with Crippen LogP contribution in [0.15, 0.2) is 48.5 Å². The molecule has 1 heterocycles. The SMILES string of the molecule is CCc1ccccc1OCC(=O)Nc1cccc(-c2nnnn2C)c1. The van der Waals surface area contributed by atoms with Crippen molar-refractivity contribution >= 4 is 11.6 Å². The van der Waals surface area contributed by atoms with Crippen LogP contribution in [0.25, 0.3) is 11.4 Å². The van der Waals surface area contributed by atoms with E-state index in [0.717, 1.165) is 23.3 Å². The zero-order valence-corrected chi connectivity index (χ0v) is 14.1. The third kappa shape index (κ3) is 4.00. The molecule has 0 bridgehead atoms. The smallest absolute Gasteiger partial charge is 0.262 e. The molecule has 0 atom stereocenters. The predicted octanol–water partition coefficient (Wildman–Crippen LogP) is 2.46. The van der Waals surface area contributed by atoms with Crippen LogP contribution in [0.5, 0.6) is 5.75 Å². The summed E-state index contributed by atoms with van der Waals surface area (Å²) in [5.41, 5.74) is 2.56. The summed E-state index contributed by atoms with van der Waals surface area (Å²) in [6, 6.07) is 15.1. The number of tetrazole rings is 1. The van der Waals surface area contributed by atoms with Crippen LogP contribution >= 0.6 is 0 Å². The molecule has 2 aromatic carbocycles. The Morgan fingerprint density at radius 1 is 1.20 bits per heavy atom. The summed E-state index contributed by atoms with van der Waals surface area (Å²) in [5.74, 6) is 1.14. The molecular formula is C18H19N5O2. The Kier molecular flexibility index (Phi) is 5.03. The second-order valence-electron chi connectivity index (χ2n) is 5.51. The van der Waals surface area contributed by atoms with Gasteiger partial charge in [0.2, 0.25) is 0 Å². The van der Waals surface area contributed by atoms with Gasteiger partial charge in [-0.2, -0.15) is 0 Å². The van der Waals surface area contributed by atoms with Gasteiger partial charge in [-0.3, -0.25) is 4.79 Å². The number of nitrogens with zero attached hydrogens (tertiary/aromatic N) is 4. The number of hydrogen-bond donors (Lipinski definition) is 1. The van der Waals surface area contributed by atoms with Crippen molar-refractivity contribution in [2.45, 2.75) is 13.3 Å². The van der Waals surface area contributed by atoms with Crippen LogP contribution in [0.4, 0.5) is 5.69 Å². The van der Waals surface area contributed by atoms with Gasteiger partial charge in [0.05, 0.1) is 0 Å². The maximum Gasteiger partial charge on any atom is 0.262 e. The summed E-state index contributed by atoms with van der Waals surface area (Å²) in [6.45, 7) is 2.00. The average molecular weight is 337 g/mol. The predicted molar refractivity (Wildman–Crippen MR) is 94.2 cm³/mol. The molecule has 7 heteroatoms. The number of carbonyl (C=O) groups excluding carboxylic acids is 1. The number of rotatable bonds is 6. The molecule has 0 unspecified atom stereocenters. The summed E-state index contributed by atoms with van der Waals surface area (Å²) >= 11 is 0. The van der Waals surface area contributed by atoms with Crippen molar-refractivity contribution in [3.8, 4) is 17.1 Å². The molecule has 1 aromatic heterocycles. The first-order valence-electron chi connectivity index (χ1n) is 8.00. The first-order chi connectivity index (χ1) is 12.2. The number of para-hydroxylation sites is 1. The van der Waals surface area contributed by atoms with E-state index < -0.39 is 0 Å². The van der Waals surface area contributed by atoms with E-state index >= 15 is 0 Å². The Bertz CT molecular complexity index is 875. The number of anilines is 1. The number of hydrogen-bond acceptors (Lipinski definition) is 5. The minimum atomic E-state index is -0.223. The van der Waals surface area contributed by atoms with Crippen LogP contribution in [-0.4, -0.2) is 32.7 Å². The van der Waals surface area contributed by atoms with Gasteiger partial charge in [0, 0.05) is 18.3 Å². The average Bonchev–Trinajstić information content (AvgIpc) is 3.06. The number of amides is 1. The monoisotopic (exact) mass is 337 g/mol. The zero-order valence-electron chi connectivity index (χ0n) is 14.1. The van der Waals surface area contributed by atoms with Crippen LogP contribution in [0.2, 0.25) is 0 Å². The van der Waals surface area contributed by atoms with Gasteiger partial charge in [0.15, 0.2) is 12.4 Å². The fourth-order valence-corrected chi connectivity index (χ4v) is 2.49. The van der Waals surface area contributed by atoms with Gasteiger partial charge in [-0.15, -0.1) is 5.10 Å². The third-order valence-corrected chi connectivity index (χ3v) is 3.74. The number of aryl methyl sites for hydroxylation is 2. The van der Waals surface area contributed by atoms with Gasteiger partial charge >= 0.3 is 0 Å². The first-order valence-corrected chi connectivity index (χ1v) is 8.00. The number of benzene rings is 2. The van der Waals surface area contributed by atoms with Gasteiger partial charge in [0.1, 0.15) is 5.75 Å². The molecule has 25 heavy (non-hydrogen) atoms. The van der Waals surface area contributed by atoms with Crippen molar-refractivity contribution in [2.24, 2.45) is 7.05 Å². The van der Waals surface area contributed by atoms with E-state index in [1.807, 2.05) is 48.5 Å². The van der Waals surface area contributed by atoms with Gasteiger partial charge in [-0.25, -0.2) is 4.68 Å². The second kappa shape index (κ2) is 7.57. The molecule has 0 aliphatic heterocycles. The van der Waals surface area contributed by atoms with E-state index in [1.165, 1.54) is 0 Å². The lowest BCUT2D eigenvalue weighted by Gasteiger charge is -2.11. The number of carbonyl (C=O) groups is 1. The van der Waals surface area contributed by atoms with E-state index in [-0.39, 0.29) is 12.5 Å². The molecule has 0 aliphatic rings. The fraction of sp³-hybridized carbons (Fsp3) is 0.222. The van der Waals surface area contributed by atoms with E-state index in [1.54, 1.807) is 11.7 Å². The Hall–Kier alpha value is -3.22. The molecule has 0 aliphatic carbocycles. The van der Waals surface area contributed by atoms with E-state index in [9.17, 15) is 4.79 Å². The zero-order chi connectivity index (χ0) is 17.6. The molecule has 0 spiro atoms. The van der Waals surface area contributed by atoms with Crippen molar-refractivity contribution in [3.05, 3.63) is 54.1 Å². The van der Waals surface area contributed by atoms with Crippen molar-refractivity contribution in [3.63, 3.8) is 0 Å². The van der Waals surface area contributed by atoms with E-state index in [4.69, 9.17) is 4.74 Å². The van der Waals surface area contributed by atoms with Crippen molar-refractivity contribution < 1.29 is 9.53 Å². The third-order valence-electron chi connectivity index (χ3n) is 3.74. The Balaban J connectivity index is 1.64. The van der Waals surface area contributed by atoms with Crippen LogP contribution in [0, 0.1) is 0 Å². The highest BCUT2D eigenvalue weighted by Crippen LogP contribution is 2.20. The lowest BCUT2D eigenvalue weighted by Crippen LogP contribution is -2.20. The molecule has 0 radical (unpaired) electrons. The summed E-state index contributed by atoms with van der Waals surface area (Å²) < 4.78 is 7.21. The minimum absolute atomic E-state index is 0.0489. The number of ether oxygens (including phenoxy) is 1. The van der Waals surface area contributed by atoms with E-state index in [2.05, 4.69) is 27.8 Å². The van der Waals surface area contributed by atoms with Crippen LogP contribution in [-0.2, 0) is 18.3 Å². The lowest BCUT2D eigenvalue weighted by molar-refractivity contribution is -0.118. The first kappa shape index (κ1) is 16.6. The molecular weight excluding hydrogens is 318 g/mol. The maximum absolute atomic E-state index is 12.2. The number of nitrogens with one attached hydrogen (secondary N) is 1.